The van der Waals surface area contributed by atoms with Crippen molar-refractivity contribution in [3.63, 3.8) is 0 Å². The van der Waals surface area contributed by atoms with E-state index in [0.29, 0.717) is 11.6 Å². The van der Waals surface area contributed by atoms with Crippen LogP contribution in [0.25, 0.3) is 0 Å². The first-order chi connectivity index (χ1) is 13.6. The Morgan fingerprint density at radius 3 is 2.54 bits per heavy atom. The molecule has 5 unspecified atom stereocenters. The predicted molar refractivity (Wildman–Crippen MR) is 98.5 cm³/mol. The van der Waals surface area contributed by atoms with Crippen LogP contribution in [0.2, 0.25) is 0 Å². The number of nitrogens with zero attached hydrogens (tertiary/aromatic N) is 5. The van der Waals surface area contributed by atoms with Gasteiger partial charge in [0.1, 0.15) is 11.7 Å². The van der Waals surface area contributed by atoms with Crippen molar-refractivity contribution >= 4 is 11.8 Å². The molecule has 4 aliphatic rings. The van der Waals surface area contributed by atoms with Gasteiger partial charge in [0.15, 0.2) is 0 Å². The number of aromatic nitrogens is 2. The number of fused-ring (bicyclic) bond motifs is 3. The fourth-order valence-corrected chi connectivity index (χ4v) is 5.65. The van der Waals surface area contributed by atoms with Crippen molar-refractivity contribution in [2.75, 3.05) is 0 Å². The maximum Gasteiger partial charge on any atom is 0.274 e. The molecule has 28 heavy (non-hydrogen) atoms. The summed E-state index contributed by atoms with van der Waals surface area (Å²) in [5, 5.41) is 9.37. The van der Waals surface area contributed by atoms with Gasteiger partial charge in [0.25, 0.3) is 5.91 Å². The van der Waals surface area contributed by atoms with Crippen LogP contribution in [0.5, 0.6) is 0 Å². The van der Waals surface area contributed by atoms with Crippen molar-refractivity contribution in [2.45, 2.75) is 68.7 Å². The molecule has 2 N–H and O–H groups in total. The highest BCUT2D eigenvalue weighted by atomic mass is 16.2. The summed E-state index contributed by atoms with van der Waals surface area (Å²) in [5.41, 5.74) is 6.80. The number of rotatable bonds is 3. The summed E-state index contributed by atoms with van der Waals surface area (Å²) in [4.78, 5) is 37.8. The molecule has 2 bridgehead atoms. The molecule has 1 aliphatic carbocycles. The van der Waals surface area contributed by atoms with Crippen LogP contribution in [-0.2, 0) is 4.79 Å². The van der Waals surface area contributed by atoms with Gasteiger partial charge in [-0.1, -0.05) is 0 Å². The van der Waals surface area contributed by atoms with Crippen LogP contribution in [-0.4, -0.2) is 61.8 Å². The zero-order valence-corrected chi connectivity index (χ0v) is 15.6. The van der Waals surface area contributed by atoms with E-state index in [2.05, 4.69) is 16.0 Å². The molecule has 4 fully saturated rings. The molecule has 1 saturated carbocycles. The van der Waals surface area contributed by atoms with E-state index in [-0.39, 0.29) is 41.9 Å². The maximum atomic E-state index is 13.1. The molecule has 1 aromatic heterocycles. The average Bonchev–Trinajstić information content (AvgIpc) is 3.32. The number of nitrogens with two attached hydrogens (primary N) is 1. The molecular formula is C20H24N6O2. The molecule has 5 rings (SSSR count). The molecule has 8 heteroatoms. The van der Waals surface area contributed by atoms with E-state index in [1.54, 1.807) is 11.1 Å². The summed E-state index contributed by atoms with van der Waals surface area (Å²) in [6, 6.07) is 1.76. The van der Waals surface area contributed by atoms with Crippen molar-refractivity contribution in [2.24, 2.45) is 17.6 Å². The molecule has 0 aromatic carbocycles. The second-order valence-corrected chi connectivity index (χ2v) is 8.63. The minimum Gasteiger partial charge on any atom is -0.331 e. The predicted octanol–water partition coefficient (Wildman–Crippen LogP) is 0.700. The minimum atomic E-state index is -0.591. The number of hydrogen-bond donors (Lipinski definition) is 1. The van der Waals surface area contributed by atoms with Gasteiger partial charge in [-0.25, -0.2) is 4.98 Å². The largest absolute Gasteiger partial charge is 0.331 e. The highest BCUT2D eigenvalue weighted by molar-refractivity contribution is 5.92. The first-order valence-electron chi connectivity index (χ1n) is 10.1. The lowest BCUT2D eigenvalue weighted by atomic mass is 9.84. The molecule has 146 valence electrons. The van der Waals surface area contributed by atoms with E-state index in [0.717, 1.165) is 38.5 Å². The van der Waals surface area contributed by atoms with Crippen LogP contribution >= 0.6 is 0 Å². The average molecular weight is 380 g/mol. The van der Waals surface area contributed by atoms with Gasteiger partial charge in [-0.05, 0) is 50.4 Å². The summed E-state index contributed by atoms with van der Waals surface area (Å²) >= 11 is 0. The van der Waals surface area contributed by atoms with Gasteiger partial charge in [-0.2, -0.15) is 5.26 Å². The highest BCUT2D eigenvalue weighted by Crippen LogP contribution is 2.48. The number of nitriles is 1. The lowest BCUT2D eigenvalue weighted by Crippen LogP contribution is -2.55. The fourth-order valence-electron chi connectivity index (χ4n) is 5.65. The lowest BCUT2D eigenvalue weighted by molar-refractivity contribution is -0.135. The third-order valence-electron chi connectivity index (χ3n) is 7.09. The normalized spacial score (nSPS) is 36.6. The second kappa shape index (κ2) is 6.52. The molecule has 0 radical (unpaired) electrons. The van der Waals surface area contributed by atoms with Crippen LogP contribution in [0.1, 0.15) is 49.0 Å². The van der Waals surface area contributed by atoms with Gasteiger partial charge < -0.3 is 15.5 Å². The van der Waals surface area contributed by atoms with Crippen molar-refractivity contribution < 1.29 is 9.59 Å². The molecule has 1 aromatic rings. The molecular weight excluding hydrogens is 356 g/mol. The molecule has 0 spiro atoms. The van der Waals surface area contributed by atoms with E-state index in [1.807, 2.05) is 4.90 Å². The summed E-state index contributed by atoms with van der Waals surface area (Å²) in [6.07, 6.45) is 9.71. The molecule has 7 atom stereocenters. The standard InChI is InChI=1S/C20H24N6O2/c21-9-15-5-11-8-17(11)26(15)20(28)18(22)12-6-13-1-2-14(7-12)25(13)19(27)16-10-23-3-4-24-16/h3-4,10-15,17-18H,1-2,5-8,22H2/t11?,12?,13-,14?,15?,17?,18+/m1/s1. The smallest absolute Gasteiger partial charge is 0.274 e. The Labute approximate surface area is 163 Å². The third-order valence-corrected chi connectivity index (χ3v) is 7.09. The number of piperidine rings is 2. The first-order valence-corrected chi connectivity index (χ1v) is 10.1. The van der Waals surface area contributed by atoms with E-state index < -0.39 is 6.04 Å². The Bertz CT molecular complexity index is 825. The van der Waals surface area contributed by atoms with Gasteiger partial charge >= 0.3 is 0 Å². The van der Waals surface area contributed by atoms with Crippen LogP contribution in [0, 0.1) is 23.2 Å². The maximum absolute atomic E-state index is 13.1. The molecule has 3 saturated heterocycles. The Morgan fingerprint density at radius 1 is 1.14 bits per heavy atom. The number of likely N-dealkylation sites (tertiary alicyclic amines) is 1. The third kappa shape index (κ3) is 2.68. The van der Waals surface area contributed by atoms with Gasteiger partial charge in [0, 0.05) is 30.5 Å². The van der Waals surface area contributed by atoms with Gasteiger partial charge in [0.2, 0.25) is 5.91 Å². The van der Waals surface area contributed by atoms with E-state index in [9.17, 15) is 14.9 Å². The van der Waals surface area contributed by atoms with Crippen LogP contribution in [0.15, 0.2) is 18.6 Å². The van der Waals surface area contributed by atoms with Crippen molar-refractivity contribution in [3.05, 3.63) is 24.3 Å². The molecule has 2 amide bonds. The SMILES string of the molecule is N#CC1CC2CC2N1C(=O)[C@@H](N)C1CC2CC[C@H](C1)N2C(=O)c1cnccn1. The Balaban J connectivity index is 1.29. The van der Waals surface area contributed by atoms with E-state index in [1.165, 1.54) is 12.4 Å². The Kier molecular flexibility index (Phi) is 4.09. The van der Waals surface area contributed by atoms with Crippen molar-refractivity contribution in [3.8, 4) is 6.07 Å². The monoisotopic (exact) mass is 380 g/mol. The number of carbonyl (C=O) groups excluding carboxylic acids is 2. The Hall–Kier alpha value is -2.53. The van der Waals surface area contributed by atoms with Crippen molar-refractivity contribution in [1.29, 1.82) is 5.26 Å². The highest BCUT2D eigenvalue weighted by Gasteiger charge is 2.56. The zero-order chi connectivity index (χ0) is 19.4. The summed E-state index contributed by atoms with van der Waals surface area (Å²) in [6.45, 7) is 0. The summed E-state index contributed by atoms with van der Waals surface area (Å²) in [7, 11) is 0. The minimum absolute atomic E-state index is 0.0491. The van der Waals surface area contributed by atoms with Crippen LogP contribution in [0.3, 0.4) is 0 Å². The van der Waals surface area contributed by atoms with E-state index >= 15 is 0 Å². The summed E-state index contributed by atoms with van der Waals surface area (Å²) in [5.74, 6) is 0.384. The Morgan fingerprint density at radius 2 is 1.89 bits per heavy atom. The van der Waals surface area contributed by atoms with Gasteiger partial charge in [0.05, 0.1) is 18.3 Å². The summed E-state index contributed by atoms with van der Waals surface area (Å²) < 4.78 is 0. The number of hydrogen-bond acceptors (Lipinski definition) is 6. The molecule has 8 nitrogen and oxygen atoms in total. The zero-order valence-electron chi connectivity index (χ0n) is 15.6. The number of amides is 2. The van der Waals surface area contributed by atoms with Crippen LogP contribution in [0.4, 0.5) is 0 Å². The first kappa shape index (κ1) is 17.6. The molecule has 4 heterocycles. The topological polar surface area (TPSA) is 116 Å². The lowest BCUT2D eigenvalue weighted by Gasteiger charge is -2.41. The fraction of sp³-hybridized carbons (Fsp3) is 0.650. The van der Waals surface area contributed by atoms with Gasteiger partial charge in [-0.3, -0.25) is 14.6 Å². The number of carbonyl (C=O) groups is 2. The van der Waals surface area contributed by atoms with Gasteiger partial charge in [-0.15, -0.1) is 0 Å². The van der Waals surface area contributed by atoms with Crippen molar-refractivity contribution in [1.82, 2.24) is 19.8 Å². The van der Waals surface area contributed by atoms with E-state index in [4.69, 9.17) is 5.73 Å². The quantitative estimate of drug-likeness (QED) is 0.825. The van der Waals surface area contributed by atoms with Crippen LogP contribution < -0.4 is 5.73 Å². The second-order valence-electron chi connectivity index (χ2n) is 8.63. The molecule has 3 aliphatic heterocycles.